The third kappa shape index (κ3) is 2.24. The number of hydrogen-bond acceptors (Lipinski definition) is 1. The van der Waals surface area contributed by atoms with Crippen molar-refractivity contribution in [1.29, 1.82) is 0 Å². The molecule has 0 fully saturated rings. The van der Waals surface area contributed by atoms with Crippen LogP contribution in [0.25, 0.3) is 0 Å². The minimum absolute atomic E-state index is 0.166. The number of aromatic hydroxyl groups is 1. The Balaban J connectivity index is 3.22. The first-order valence-electron chi connectivity index (χ1n) is 4.77. The van der Waals surface area contributed by atoms with Crippen molar-refractivity contribution >= 4 is 0 Å². The van der Waals surface area contributed by atoms with Gasteiger partial charge in [0.2, 0.25) is 0 Å². The number of hydrogen-bond donors (Lipinski definition) is 1. The van der Waals surface area contributed by atoms with E-state index in [-0.39, 0.29) is 5.41 Å². The average Bonchev–Trinajstić information content (AvgIpc) is 2.01. The molecule has 0 aromatic heterocycles. The van der Waals surface area contributed by atoms with Crippen molar-refractivity contribution in [2.24, 2.45) is 0 Å². The molecule has 0 saturated heterocycles. The first kappa shape index (κ1) is 10.1. The molecular weight excluding hydrogens is 160 g/mol. The minimum atomic E-state index is 0.166. The predicted octanol–water partition coefficient (Wildman–Crippen LogP) is 3.25. The van der Waals surface area contributed by atoms with Gasteiger partial charge in [-0.05, 0) is 35.1 Å². The topological polar surface area (TPSA) is 20.2 Å². The number of benzene rings is 1. The molecule has 0 aliphatic heterocycles. The van der Waals surface area contributed by atoms with Gasteiger partial charge in [-0.15, -0.1) is 0 Å². The van der Waals surface area contributed by atoms with Gasteiger partial charge >= 0.3 is 0 Å². The number of phenols is 1. The Morgan fingerprint density at radius 3 is 2.31 bits per heavy atom. The Morgan fingerprint density at radius 2 is 1.85 bits per heavy atom. The van der Waals surface area contributed by atoms with Crippen molar-refractivity contribution in [3.8, 4) is 5.75 Å². The van der Waals surface area contributed by atoms with Crippen molar-refractivity contribution in [3.05, 3.63) is 29.3 Å². The van der Waals surface area contributed by atoms with E-state index < -0.39 is 0 Å². The zero-order valence-electron chi connectivity index (χ0n) is 8.89. The van der Waals surface area contributed by atoms with Gasteiger partial charge in [0.1, 0.15) is 5.75 Å². The summed E-state index contributed by atoms with van der Waals surface area (Å²) in [5.74, 6) is 0.366. The molecular formula is C12H18O. The van der Waals surface area contributed by atoms with Crippen molar-refractivity contribution in [1.82, 2.24) is 0 Å². The van der Waals surface area contributed by atoms with Crippen LogP contribution in [0.4, 0.5) is 0 Å². The molecule has 0 radical (unpaired) electrons. The zero-order chi connectivity index (χ0) is 10.1. The van der Waals surface area contributed by atoms with Crippen LogP contribution in [0.2, 0.25) is 0 Å². The Morgan fingerprint density at radius 1 is 1.23 bits per heavy atom. The Hall–Kier alpha value is -0.980. The minimum Gasteiger partial charge on any atom is -0.508 e. The molecule has 0 aliphatic carbocycles. The molecule has 1 N–H and O–H groups in total. The van der Waals surface area contributed by atoms with Crippen LogP contribution in [0, 0.1) is 0 Å². The molecule has 1 heteroatoms. The normalized spacial score (nSPS) is 11.7. The molecule has 0 unspecified atom stereocenters. The SMILES string of the molecule is CCc1cc(O)ccc1C(C)(C)C. The summed E-state index contributed by atoms with van der Waals surface area (Å²) < 4.78 is 0. The maximum atomic E-state index is 9.33. The molecule has 72 valence electrons. The molecule has 0 heterocycles. The van der Waals surface area contributed by atoms with Crippen LogP contribution >= 0.6 is 0 Å². The molecule has 13 heavy (non-hydrogen) atoms. The van der Waals surface area contributed by atoms with E-state index in [0.717, 1.165) is 6.42 Å². The van der Waals surface area contributed by atoms with Gasteiger partial charge in [0, 0.05) is 0 Å². The van der Waals surface area contributed by atoms with Crippen molar-refractivity contribution in [3.63, 3.8) is 0 Å². The molecule has 0 amide bonds. The summed E-state index contributed by atoms with van der Waals surface area (Å²) in [4.78, 5) is 0. The highest BCUT2D eigenvalue weighted by Gasteiger charge is 2.16. The first-order valence-corrected chi connectivity index (χ1v) is 4.77. The number of aryl methyl sites for hydroxylation is 1. The lowest BCUT2D eigenvalue weighted by Crippen LogP contribution is -2.13. The molecule has 1 aromatic carbocycles. The monoisotopic (exact) mass is 178 g/mol. The fraction of sp³-hybridized carbons (Fsp3) is 0.500. The van der Waals surface area contributed by atoms with E-state index in [1.165, 1.54) is 11.1 Å². The van der Waals surface area contributed by atoms with Gasteiger partial charge in [-0.25, -0.2) is 0 Å². The van der Waals surface area contributed by atoms with Crippen LogP contribution in [0.5, 0.6) is 5.75 Å². The quantitative estimate of drug-likeness (QED) is 0.700. The maximum Gasteiger partial charge on any atom is 0.115 e. The fourth-order valence-corrected chi connectivity index (χ4v) is 1.60. The van der Waals surface area contributed by atoms with Crippen LogP contribution < -0.4 is 0 Å². The zero-order valence-corrected chi connectivity index (χ0v) is 8.89. The van der Waals surface area contributed by atoms with Gasteiger partial charge in [0.05, 0.1) is 0 Å². The van der Waals surface area contributed by atoms with E-state index in [1.807, 2.05) is 12.1 Å². The average molecular weight is 178 g/mol. The highest BCUT2D eigenvalue weighted by Crippen LogP contribution is 2.28. The van der Waals surface area contributed by atoms with Gasteiger partial charge in [0.15, 0.2) is 0 Å². The molecule has 0 bridgehead atoms. The lowest BCUT2D eigenvalue weighted by Gasteiger charge is -2.22. The Kier molecular flexibility index (Phi) is 2.65. The standard InChI is InChI=1S/C12H18O/c1-5-9-8-10(13)6-7-11(9)12(2,3)4/h6-8,13H,5H2,1-4H3. The summed E-state index contributed by atoms with van der Waals surface area (Å²) >= 11 is 0. The lowest BCUT2D eigenvalue weighted by molar-refractivity contribution is 0.473. The van der Waals surface area contributed by atoms with Crippen LogP contribution in [0.15, 0.2) is 18.2 Å². The largest absolute Gasteiger partial charge is 0.508 e. The van der Waals surface area contributed by atoms with E-state index in [1.54, 1.807) is 6.07 Å². The summed E-state index contributed by atoms with van der Waals surface area (Å²) in [5, 5.41) is 9.33. The van der Waals surface area contributed by atoms with E-state index in [4.69, 9.17) is 0 Å². The Bertz CT molecular complexity index is 294. The molecule has 0 spiro atoms. The summed E-state index contributed by atoms with van der Waals surface area (Å²) in [7, 11) is 0. The number of phenolic OH excluding ortho intramolecular Hbond substituents is 1. The second-order valence-electron chi connectivity index (χ2n) is 4.45. The van der Waals surface area contributed by atoms with Crippen molar-refractivity contribution in [2.45, 2.75) is 39.5 Å². The van der Waals surface area contributed by atoms with Gasteiger partial charge < -0.3 is 5.11 Å². The summed E-state index contributed by atoms with van der Waals surface area (Å²) in [6, 6.07) is 5.65. The van der Waals surface area contributed by atoms with E-state index in [2.05, 4.69) is 27.7 Å². The molecule has 1 aromatic rings. The fourth-order valence-electron chi connectivity index (χ4n) is 1.60. The van der Waals surface area contributed by atoms with Gasteiger partial charge in [0.25, 0.3) is 0 Å². The molecule has 1 rings (SSSR count). The van der Waals surface area contributed by atoms with E-state index >= 15 is 0 Å². The second-order valence-corrected chi connectivity index (χ2v) is 4.45. The molecule has 0 saturated carbocycles. The highest BCUT2D eigenvalue weighted by atomic mass is 16.3. The number of rotatable bonds is 1. The molecule has 1 nitrogen and oxygen atoms in total. The maximum absolute atomic E-state index is 9.33. The van der Waals surface area contributed by atoms with E-state index in [9.17, 15) is 5.11 Å². The van der Waals surface area contributed by atoms with Gasteiger partial charge in [-0.3, -0.25) is 0 Å². The van der Waals surface area contributed by atoms with Crippen LogP contribution in [-0.4, -0.2) is 5.11 Å². The summed E-state index contributed by atoms with van der Waals surface area (Å²) in [5.41, 5.74) is 2.74. The summed E-state index contributed by atoms with van der Waals surface area (Å²) in [6.07, 6.45) is 0.973. The van der Waals surface area contributed by atoms with E-state index in [0.29, 0.717) is 5.75 Å². The predicted molar refractivity (Wildman–Crippen MR) is 56.2 cm³/mol. The van der Waals surface area contributed by atoms with Crippen molar-refractivity contribution < 1.29 is 5.11 Å². The third-order valence-electron chi connectivity index (χ3n) is 2.28. The third-order valence-corrected chi connectivity index (χ3v) is 2.28. The van der Waals surface area contributed by atoms with Crippen LogP contribution in [-0.2, 0) is 11.8 Å². The first-order chi connectivity index (χ1) is 5.95. The highest BCUT2D eigenvalue weighted by molar-refractivity contribution is 5.38. The molecule has 0 atom stereocenters. The summed E-state index contributed by atoms with van der Waals surface area (Å²) in [6.45, 7) is 8.69. The van der Waals surface area contributed by atoms with Gasteiger partial charge in [-0.1, -0.05) is 33.8 Å². The van der Waals surface area contributed by atoms with Gasteiger partial charge in [-0.2, -0.15) is 0 Å². The second kappa shape index (κ2) is 3.41. The van der Waals surface area contributed by atoms with Crippen LogP contribution in [0.1, 0.15) is 38.8 Å². The van der Waals surface area contributed by atoms with Crippen LogP contribution in [0.3, 0.4) is 0 Å². The van der Waals surface area contributed by atoms with Crippen molar-refractivity contribution in [2.75, 3.05) is 0 Å². The molecule has 0 aliphatic rings. The smallest absolute Gasteiger partial charge is 0.115 e. The lowest BCUT2D eigenvalue weighted by atomic mass is 9.83. The Labute approximate surface area is 80.4 Å².